The highest BCUT2D eigenvalue weighted by molar-refractivity contribution is 7.14. The van der Waals surface area contributed by atoms with E-state index >= 15 is 0 Å². The number of nitrogens with two attached hydrogens (primary N) is 1. The fourth-order valence-corrected chi connectivity index (χ4v) is 2.69. The van der Waals surface area contributed by atoms with Crippen LogP contribution in [0.25, 0.3) is 10.8 Å². The van der Waals surface area contributed by atoms with Crippen LogP contribution in [0.3, 0.4) is 0 Å². The molecule has 0 amide bonds. The van der Waals surface area contributed by atoms with Crippen molar-refractivity contribution in [2.45, 2.75) is 39.7 Å². The molecule has 2 aromatic heterocycles. The minimum absolute atomic E-state index is 0.463. The van der Waals surface area contributed by atoms with Gasteiger partial charge in [0, 0.05) is 6.61 Å². The quantitative estimate of drug-likeness (QED) is 0.909. The molecule has 0 saturated carbocycles. The molecule has 1 unspecified atom stereocenters. The third-order valence-electron chi connectivity index (χ3n) is 3.25. The van der Waals surface area contributed by atoms with Crippen molar-refractivity contribution in [3.63, 3.8) is 0 Å². The molecule has 19 heavy (non-hydrogen) atoms. The van der Waals surface area contributed by atoms with Crippen molar-refractivity contribution in [1.29, 1.82) is 0 Å². The van der Waals surface area contributed by atoms with Crippen molar-refractivity contribution in [3.05, 3.63) is 16.8 Å². The molecule has 0 bridgehead atoms. The Labute approximate surface area is 116 Å². The molecule has 104 valence electrons. The number of ether oxygens (including phenoxy) is 1. The van der Waals surface area contributed by atoms with Crippen LogP contribution in [0.2, 0.25) is 0 Å². The molecule has 2 rings (SSSR count). The third-order valence-corrected chi connectivity index (χ3v) is 4.36. The van der Waals surface area contributed by atoms with Gasteiger partial charge in [0.15, 0.2) is 0 Å². The molecule has 0 aliphatic carbocycles. The van der Waals surface area contributed by atoms with Crippen molar-refractivity contribution >= 4 is 17.0 Å². The van der Waals surface area contributed by atoms with Crippen molar-refractivity contribution in [2.75, 3.05) is 12.3 Å². The molecule has 2 aromatic rings. The minimum atomic E-state index is -0.516. The third kappa shape index (κ3) is 2.50. The number of rotatable bonds is 5. The average Bonchev–Trinajstić information content (AvgIpc) is 2.99. The number of hydrogen-bond acceptors (Lipinski definition) is 6. The number of thiophene rings is 1. The largest absolute Gasteiger partial charge is 0.397 e. The molecule has 5 nitrogen and oxygen atoms in total. The molecule has 0 saturated heterocycles. The summed E-state index contributed by atoms with van der Waals surface area (Å²) in [4.78, 5) is 5.27. The summed E-state index contributed by atoms with van der Waals surface area (Å²) in [5.74, 6) is 1.03. The monoisotopic (exact) mass is 281 g/mol. The maximum atomic E-state index is 6.00. The van der Waals surface area contributed by atoms with Gasteiger partial charge in [-0.2, -0.15) is 4.98 Å². The lowest BCUT2D eigenvalue weighted by Gasteiger charge is -2.23. The van der Waals surface area contributed by atoms with Gasteiger partial charge in [-0.3, -0.25) is 0 Å². The van der Waals surface area contributed by atoms with Gasteiger partial charge in [-0.05, 0) is 38.1 Å². The van der Waals surface area contributed by atoms with Crippen molar-refractivity contribution in [1.82, 2.24) is 10.1 Å². The van der Waals surface area contributed by atoms with Gasteiger partial charge < -0.3 is 15.0 Å². The summed E-state index contributed by atoms with van der Waals surface area (Å²) in [6, 6.07) is 0. The predicted octanol–water partition coefficient (Wildman–Crippen LogP) is 3.35. The van der Waals surface area contributed by atoms with Gasteiger partial charge in [0.25, 0.3) is 5.89 Å². The first-order valence-electron chi connectivity index (χ1n) is 6.34. The Balaban J connectivity index is 2.36. The van der Waals surface area contributed by atoms with Crippen LogP contribution in [-0.2, 0) is 10.3 Å². The van der Waals surface area contributed by atoms with Crippen molar-refractivity contribution in [2.24, 2.45) is 0 Å². The van der Waals surface area contributed by atoms with E-state index in [0.29, 0.717) is 24.0 Å². The number of hydrogen-bond donors (Lipinski definition) is 1. The number of nitrogen functional groups attached to an aromatic ring is 1. The van der Waals surface area contributed by atoms with Gasteiger partial charge in [-0.1, -0.05) is 12.1 Å². The number of nitrogens with zero attached hydrogens (tertiary/aromatic N) is 2. The Bertz CT molecular complexity index is 564. The predicted molar refractivity (Wildman–Crippen MR) is 76.0 cm³/mol. The zero-order valence-corrected chi connectivity index (χ0v) is 12.5. The Morgan fingerprint density at radius 3 is 2.74 bits per heavy atom. The maximum Gasteiger partial charge on any atom is 0.270 e. The summed E-state index contributed by atoms with van der Waals surface area (Å²) in [6.07, 6.45) is 0.777. The lowest BCUT2D eigenvalue weighted by Crippen LogP contribution is -2.26. The van der Waals surface area contributed by atoms with Crippen LogP contribution in [0.4, 0.5) is 5.69 Å². The Hall–Kier alpha value is -1.40. The molecule has 0 aliphatic heterocycles. The summed E-state index contributed by atoms with van der Waals surface area (Å²) >= 11 is 1.51. The van der Waals surface area contributed by atoms with E-state index in [1.165, 1.54) is 11.3 Å². The minimum Gasteiger partial charge on any atom is -0.397 e. The standard InChI is InChI=1S/C13H19N3O2S/c1-5-13(4,17-6-2)12-15-11(18-16-12)10-9(14)8(3)7-19-10/h7H,5-6,14H2,1-4H3. The van der Waals surface area contributed by atoms with Crippen LogP contribution in [0, 0.1) is 6.92 Å². The first kappa shape index (κ1) is 14.0. The summed E-state index contributed by atoms with van der Waals surface area (Å²) in [6.45, 7) is 8.52. The topological polar surface area (TPSA) is 74.2 Å². The summed E-state index contributed by atoms with van der Waals surface area (Å²) < 4.78 is 11.1. The second kappa shape index (κ2) is 5.30. The SMILES string of the molecule is CCOC(C)(CC)c1noc(-c2scc(C)c2N)n1. The molecule has 0 aliphatic rings. The maximum absolute atomic E-state index is 6.00. The highest BCUT2D eigenvalue weighted by atomic mass is 32.1. The lowest BCUT2D eigenvalue weighted by molar-refractivity contribution is -0.0403. The van der Waals surface area contributed by atoms with E-state index < -0.39 is 5.60 Å². The van der Waals surface area contributed by atoms with E-state index in [0.717, 1.165) is 16.9 Å². The average molecular weight is 281 g/mol. The second-order valence-corrected chi connectivity index (χ2v) is 5.48. The zero-order valence-electron chi connectivity index (χ0n) is 11.7. The first-order chi connectivity index (χ1) is 9.01. The summed E-state index contributed by atoms with van der Waals surface area (Å²) in [5.41, 5.74) is 7.21. The highest BCUT2D eigenvalue weighted by Gasteiger charge is 2.31. The lowest BCUT2D eigenvalue weighted by atomic mass is 10.0. The van der Waals surface area contributed by atoms with E-state index in [-0.39, 0.29) is 0 Å². The van der Waals surface area contributed by atoms with Crippen LogP contribution < -0.4 is 5.73 Å². The van der Waals surface area contributed by atoms with Crippen LogP contribution >= 0.6 is 11.3 Å². The number of aromatic nitrogens is 2. The summed E-state index contributed by atoms with van der Waals surface area (Å²) in [5, 5.41) is 6.03. The van der Waals surface area contributed by atoms with Gasteiger partial charge >= 0.3 is 0 Å². The second-order valence-electron chi connectivity index (χ2n) is 4.60. The highest BCUT2D eigenvalue weighted by Crippen LogP contribution is 2.35. The molecule has 2 heterocycles. The Kier molecular flexibility index (Phi) is 3.91. The zero-order chi connectivity index (χ0) is 14.0. The van der Waals surface area contributed by atoms with E-state index in [9.17, 15) is 0 Å². The van der Waals surface area contributed by atoms with E-state index in [2.05, 4.69) is 10.1 Å². The first-order valence-corrected chi connectivity index (χ1v) is 7.21. The Morgan fingerprint density at radius 1 is 1.47 bits per heavy atom. The van der Waals surface area contributed by atoms with E-state index in [1.54, 1.807) is 0 Å². The summed E-state index contributed by atoms with van der Waals surface area (Å²) in [7, 11) is 0. The van der Waals surface area contributed by atoms with Gasteiger partial charge in [-0.25, -0.2) is 0 Å². The molecule has 2 N–H and O–H groups in total. The van der Waals surface area contributed by atoms with Crippen molar-refractivity contribution < 1.29 is 9.26 Å². The molecular weight excluding hydrogens is 262 g/mol. The van der Waals surface area contributed by atoms with Gasteiger partial charge in [0.05, 0.1) is 5.69 Å². The molecule has 0 radical (unpaired) electrons. The van der Waals surface area contributed by atoms with E-state index in [4.69, 9.17) is 15.0 Å². The van der Waals surface area contributed by atoms with Crippen LogP contribution in [0.1, 0.15) is 38.6 Å². The smallest absolute Gasteiger partial charge is 0.270 e. The number of anilines is 1. The van der Waals surface area contributed by atoms with E-state index in [1.807, 2.05) is 33.1 Å². The normalized spacial score (nSPS) is 14.5. The molecule has 0 spiro atoms. The molecule has 0 fully saturated rings. The molecular formula is C13H19N3O2S. The van der Waals surface area contributed by atoms with Crippen LogP contribution in [0.15, 0.2) is 9.90 Å². The van der Waals surface area contributed by atoms with Crippen LogP contribution in [-0.4, -0.2) is 16.7 Å². The number of aryl methyl sites for hydroxylation is 1. The fourth-order valence-electron chi connectivity index (χ4n) is 1.79. The van der Waals surface area contributed by atoms with Gasteiger partial charge in [-0.15, -0.1) is 11.3 Å². The molecule has 1 atom stereocenters. The Morgan fingerprint density at radius 2 is 2.21 bits per heavy atom. The van der Waals surface area contributed by atoms with Gasteiger partial charge in [0.2, 0.25) is 5.82 Å². The van der Waals surface area contributed by atoms with Crippen LogP contribution in [0.5, 0.6) is 0 Å². The molecule has 0 aromatic carbocycles. The molecule has 6 heteroatoms. The fraction of sp³-hybridized carbons (Fsp3) is 0.538. The van der Waals surface area contributed by atoms with Crippen molar-refractivity contribution in [3.8, 4) is 10.8 Å². The van der Waals surface area contributed by atoms with Gasteiger partial charge in [0.1, 0.15) is 10.5 Å².